The van der Waals surface area contributed by atoms with E-state index in [-0.39, 0.29) is 0 Å². The van der Waals surface area contributed by atoms with Crippen LogP contribution in [0.2, 0.25) is 0 Å². The summed E-state index contributed by atoms with van der Waals surface area (Å²) in [6, 6.07) is 8.17. The zero-order chi connectivity index (χ0) is 15.1. The van der Waals surface area contributed by atoms with Crippen molar-refractivity contribution in [2.24, 2.45) is 5.92 Å². The second-order valence-electron chi connectivity index (χ2n) is 6.22. The van der Waals surface area contributed by atoms with Crippen molar-refractivity contribution >= 4 is 11.4 Å². The molecule has 1 fully saturated rings. The highest BCUT2D eigenvalue weighted by atomic mass is 16.5. The molecular weight excluding hydrogens is 262 g/mol. The predicted molar refractivity (Wildman–Crippen MR) is 89.8 cm³/mol. The molecule has 2 rings (SSSR count). The van der Waals surface area contributed by atoms with Gasteiger partial charge in [0.15, 0.2) is 0 Å². The molecule has 4 nitrogen and oxygen atoms in total. The van der Waals surface area contributed by atoms with Gasteiger partial charge in [0.2, 0.25) is 0 Å². The number of rotatable bonds is 7. The van der Waals surface area contributed by atoms with Crippen LogP contribution in [0, 0.1) is 5.92 Å². The SMILES string of the molecule is CC(C)CCOCCN1CCN(c2cccc(N)c2)CC1. The Labute approximate surface area is 128 Å². The molecule has 0 amide bonds. The first-order valence-corrected chi connectivity index (χ1v) is 8.06. The van der Waals surface area contributed by atoms with E-state index >= 15 is 0 Å². The third-order valence-corrected chi connectivity index (χ3v) is 4.00. The van der Waals surface area contributed by atoms with E-state index in [0.29, 0.717) is 0 Å². The zero-order valence-electron chi connectivity index (χ0n) is 13.4. The Morgan fingerprint density at radius 1 is 1.14 bits per heavy atom. The number of benzene rings is 1. The number of hydrogen-bond donors (Lipinski definition) is 1. The van der Waals surface area contributed by atoms with Crippen molar-refractivity contribution in [1.82, 2.24) is 4.90 Å². The third kappa shape index (κ3) is 5.56. The Hall–Kier alpha value is -1.26. The van der Waals surface area contributed by atoms with Gasteiger partial charge in [-0.1, -0.05) is 19.9 Å². The topological polar surface area (TPSA) is 41.7 Å². The summed E-state index contributed by atoms with van der Waals surface area (Å²) in [4.78, 5) is 4.89. The fraction of sp³-hybridized carbons (Fsp3) is 0.647. The normalized spacial score (nSPS) is 16.6. The minimum atomic E-state index is 0.729. The van der Waals surface area contributed by atoms with Gasteiger partial charge < -0.3 is 15.4 Å². The number of nitrogens with two attached hydrogens (primary N) is 1. The van der Waals surface area contributed by atoms with E-state index in [1.54, 1.807) is 0 Å². The molecule has 0 atom stereocenters. The standard InChI is InChI=1S/C17H29N3O/c1-15(2)6-12-21-13-11-19-7-9-20(10-8-19)17-5-3-4-16(18)14-17/h3-5,14-15H,6-13,18H2,1-2H3. The zero-order valence-corrected chi connectivity index (χ0v) is 13.4. The van der Waals surface area contributed by atoms with Crippen LogP contribution in [0.3, 0.4) is 0 Å². The summed E-state index contributed by atoms with van der Waals surface area (Å²) in [5.74, 6) is 0.729. The van der Waals surface area contributed by atoms with Crippen LogP contribution in [-0.4, -0.2) is 50.8 Å². The smallest absolute Gasteiger partial charge is 0.0593 e. The quantitative estimate of drug-likeness (QED) is 0.619. The summed E-state index contributed by atoms with van der Waals surface area (Å²) in [5.41, 5.74) is 7.93. The average Bonchev–Trinajstić information content (AvgIpc) is 2.47. The highest BCUT2D eigenvalue weighted by Gasteiger charge is 2.16. The molecule has 0 bridgehead atoms. The van der Waals surface area contributed by atoms with Gasteiger partial charge in [0, 0.05) is 50.7 Å². The van der Waals surface area contributed by atoms with Gasteiger partial charge >= 0.3 is 0 Å². The fourth-order valence-corrected chi connectivity index (χ4v) is 2.57. The average molecular weight is 291 g/mol. The molecule has 1 saturated heterocycles. The molecule has 1 heterocycles. The second kappa shape index (κ2) is 8.25. The van der Waals surface area contributed by atoms with Gasteiger partial charge in [-0.25, -0.2) is 0 Å². The molecule has 2 N–H and O–H groups in total. The predicted octanol–water partition coefficient (Wildman–Crippen LogP) is 2.45. The Morgan fingerprint density at radius 3 is 2.57 bits per heavy atom. The minimum absolute atomic E-state index is 0.729. The first-order valence-electron chi connectivity index (χ1n) is 8.06. The molecule has 1 aromatic carbocycles. The molecule has 0 aliphatic carbocycles. The van der Waals surface area contributed by atoms with Crippen LogP contribution < -0.4 is 10.6 Å². The van der Waals surface area contributed by atoms with Crippen molar-refractivity contribution in [3.63, 3.8) is 0 Å². The van der Waals surface area contributed by atoms with Crippen LogP contribution in [0.1, 0.15) is 20.3 Å². The van der Waals surface area contributed by atoms with E-state index in [2.05, 4.69) is 35.8 Å². The second-order valence-corrected chi connectivity index (χ2v) is 6.22. The lowest BCUT2D eigenvalue weighted by Crippen LogP contribution is -2.47. The van der Waals surface area contributed by atoms with Crippen LogP contribution >= 0.6 is 0 Å². The van der Waals surface area contributed by atoms with Crippen LogP contribution in [-0.2, 0) is 4.74 Å². The number of hydrogen-bond acceptors (Lipinski definition) is 4. The van der Waals surface area contributed by atoms with Gasteiger partial charge in [-0.15, -0.1) is 0 Å². The molecule has 0 saturated carbocycles. The Kier molecular flexibility index (Phi) is 6.33. The van der Waals surface area contributed by atoms with Crippen LogP contribution in [0.5, 0.6) is 0 Å². The van der Waals surface area contributed by atoms with E-state index in [9.17, 15) is 0 Å². The summed E-state index contributed by atoms with van der Waals surface area (Å²) < 4.78 is 5.70. The highest BCUT2D eigenvalue weighted by molar-refractivity contribution is 5.56. The molecule has 0 aromatic heterocycles. The Morgan fingerprint density at radius 2 is 1.90 bits per heavy atom. The third-order valence-electron chi connectivity index (χ3n) is 4.00. The van der Waals surface area contributed by atoms with Gasteiger partial charge in [0.05, 0.1) is 6.61 Å². The lowest BCUT2D eigenvalue weighted by molar-refractivity contribution is 0.0942. The van der Waals surface area contributed by atoms with Crippen LogP contribution in [0.15, 0.2) is 24.3 Å². The van der Waals surface area contributed by atoms with E-state index in [1.807, 2.05) is 12.1 Å². The Balaban J connectivity index is 1.64. The number of nitrogen functional groups attached to an aromatic ring is 1. The van der Waals surface area contributed by atoms with E-state index in [0.717, 1.165) is 64.0 Å². The highest BCUT2D eigenvalue weighted by Crippen LogP contribution is 2.18. The maximum Gasteiger partial charge on any atom is 0.0593 e. The van der Waals surface area contributed by atoms with Gasteiger partial charge in [-0.3, -0.25) is 4.90 Å². The van der Waals surface area contributed by atoms with E-state index in [1.165, 1.54) is 5.69 Å². The van der Waals surface area contributed by atoms with Crippen LogP contribution in [0.25, 0.3) is 0 Å². The van der Waals surface area contributed by atoms with Gasteiger partial charge in [0.1, 0.15) is 0 Å². The summed E-state index contributed by atoms with van der Waals surface area (Å²) in [5, 5.41) is 0. The first-order chi connectivity index (χ1) is 10.1. The number of nitrogens with zero attached hydrogens (tertiary/aromatic N) is 2. The lowest BCUT2D eigenvalue weighted by atomic mass is 10.1. The summed E-state index contributed by atoms with van der Waals surface area (Å²) >= 11 is 0. The molecule has 0 spiro atoms. The van der Waals surface area contributed by atoms with Crippen molar-refractivity contribution in [2.75, 3.05) is 56.6 Å². The van der Waals surface area contributed by atoms with Gasteiger partial charge in [0.25, 0.3) is 0 Å². The van der Waals surface area contributed by atoms with Gasteiger partial charge in [-0.2, -0.15) is 0 Å². The van der Waals surface area contributed by atoms with E-state index < -0.39 is 0 Å². The molecule has 1 aromatic rings. The summed E-state index contributed by atoms with van der Waals surface area (Å²) in [7, 11) is 0. The molecular formula is C17H29N3O. The molecule has 118 valence electrons. The molecule has 0 unspecified atom stereocenters. The maximum atomic E-state index is 5.85. The number of anilines is 2. The summed E-state index contributed by atoms with van der Waals surface area (Å²) in [6.45, 7) is 11.6. The fourth-order valence-electron chi connectivity index (χ4n) is 2.57. The number of piperazine rings is 1. The lowest BCUT2D eigenvalue weighted by Gasteiger charge is -2.36. The van der Waals surface area contributed by atoms with Crippen molar-refractivity contribution < 1.29 is 4.74 Å². The van der Waals surface area contributed by atoms with Crippen molar-refractivity contribution in [1.29, 1.82) is 0 Å². The number of ether oxygens (including phenoxy) is 1. The van der Waals surface area contributed by atoms with Crippen LogP contribution in [0.4, 0.5) is 11.4 Å². The summed E-state index contributed by atoms with van der Waals surface area (Å²) in [6.07, 6.45) is 1.16. The van der Waals surface area contributed by atoms with Crippen molar-refractivity contribution in [2.45, 2.75) is 20.3 Å². The molecule has 1 aliphatic heterocycles. The molecule has 1 aliphatic rings. The molecule has 4 heteroatoms. The van der Waals surface area contributed by atoms with Crippen molar-refractivity contribution in [3.8, 4) is 0 Å². The van der Waals surface area contributed by atoms with Crippen molar-refractivity contribution in [3.05, 3.63) is 24.3 Å². The van der Waals surface area contributed by atoms with Gasteiger partial charge in [-0.05, 0) is 30.5 Å². The minimum Gasteiger partial charge on any atom is -0.399 e. The molecule has 0 radical (unpaired) electrons. The maximum absolute atomic E-state index is 5.85. The molecule has 21 heavy (non-hydrogen) atoms. The Bertz CT molecular complexity index is 414. The first kappa shape index (κ1) is 16.1. The van der Waals surface area contributed by atoms with E-state index in [4.69, 9.17) is 10.5 Å². The monoisotopic (exact) mass is 291 g/mol. The largest absolute Gasteiger partial charge is 0.399 e.